The van der Waals surface area contributed by atoms with Crippen LogP contribution < -0.4 is 10.1 Å². The van der Waals surface area contributed by atoms with E-state index in [9.17, 15) is 4.79 Å². The van der Waals surface area contributed by atoms with Crippen molar-refractivity contribution in [1.82, 2.24) is 5.32 Å². The molecule has 0 aromatic heterocycles. The highest BCUT2D eigenvalue weighted by molar-refractivity contribution is 5.77. The van der Waals surface area contributed by atoms with Gasteiger partial charge >= 0.3 is 0 Å². The Balaban J connectivity index is 2.72. The zero-order valence-electron chi connectivity index (χ0n) is 8.91. The molecule has 2 N–H and O–H groups in total. The molecule has 1 rings (SSSR count). The summed E-state index contributed by atoms with van der Waals surface area (Å²) in [5, 5.41) is 11.5. The average molecular weight is 209 g/mol. The molecule has 0 unspecified atom stereocenters. The van der Waals surface area contributed by atoms with Crippen LogP contribution in [0.15, 0.2) is 18.2 Å². The Labute approximate surface area is 88.9 Å². The number of amides is 1. The minimum Gasteiger partial charge on any atom is -0.483 e. The minimum atomic E-state index is -0.195. The molecule has 0 fully saturated rings. The summed E-state index contributed by atoms with van der Waals surface area (Å²) in [6.45, 7) is 1.80. The molecule has 0 spiro atoms. The van der Waals surface area contributed by atoms with Crippen LogP contribution in [0.5, 0.6) is 5.75 Å². The van der Waals surface area contributed by atoms with Gasteiger partial charge in [-0.3, -0.25) is 4.79 Å². The second-order valence-corrected chi connectivity index (χ2v) is 3.23. The molecule has 4 nitrogen and oxygen atoms in total. The number of aliphatic hydroxyl groups is 1. The SMILES string of the molecule is CNC(=O)COc1ccc(C)cc1CO. The fourth-order valence-electron chi connectivity index (χ4n) is 1.19. The zero-order valence-corrected chi connectivity index (χ0v) is 8.91. The maximum Gasteiger partial charge on any atom is 0.257 e. The van der Waals surface area contributed by atoms with E-state index in [0.717, 1.165) is 5.56 Å². The van der Waals surface area contributed by atoms with Crippen LogP contribution >= 0.6 is 0 Å². The third-order valence-electron chi connectivity index (χ3n) is 2.02. The van der Waals surface area contributed by atoms with Gasteiger partial charge in [0.25, 0.3) is 5.91 Å². The van der Waals surface area contributed by atoms with Crippen molar-refractivity contribution >= 4 is 5.91 Å². The van der Waals surface area contributed by atoms with Crippen LogP contribution in [0.3, 0.4) is 0 Å². The molecular formula is C11H15NO3. The van der Waals surface area contributed by atoms with E-state index in [1.807, 2.05) is 19.1 Å². The molecule has 0 radical (unpaired) electrons. The molecule has 0 saturated carbocycles. The van der Waals surface area contributed by atoms with Crippen molar-refractivity contribution in [1.29, 1.82) is 0 Å². The first-order valence-electron chi connectivity index (χ1n) is 4.71. The van der Waals surface area contributed by atoms with E-state index in [1.54, 1.807) is 13.1 Å². The highest BCUT2D eigenvalue weighted by Gasteiger charge is 2.05. The number of hydrogen-bond donors (Lipinski definition) is 2. The maximum absolute atomic E-state index is 11.0. The van der Waals surface area contributed by atoms with Gasteiger partial charge in [-0.25, -0.2) is 0 Å². The molecule has 0 saturated heterocycles. The topological polar surface area (TPSA) is 58.6 Å². The molecule has 1 aromatic carbocycles. The molecule has 0 heterocycles. The van der Waals surface area contributed by atoms with Crippen molar-refractivity contribution in [2.75, 3.05) is 13.7 Å². The van der Waals surface area contributed by atoms with E-state index >= 15 is 0 Å². The van der Waals surface area contributed by atoms with E-state index in [4.69, 9.17) is 9.84 Å². The first-order chi connectivity index (χ1) is 7.17. The predicted molar refractivity (Wildman–Crippen MR) is 56.7 cm³/mol. The lowest BCUT2D eigenvalue weighted by Gasteiger charge is -2.09. The Bertz CT molecular complexity index is 350. The van der Waals surface area contributed by atoms with Gasteiger partial charge in [-0.2, -0.15) is 0 Å². The predicted octanol–water partition coefficient (Wildman–Crippen LogP) is 0.612. The number of rotatable bonds is 4. The molecule has 1 amide bonds. The Morgan fingerprint density at radius 3 is 2.87 bits per heavy atom. The number of aryl methyl sites for hydroxylation is 1. The molecule has 1 aromatic rings. The molecule has 82 valence electrons. The lowest BCUT2D eigenvalue weighted by molar-refractivity contribution is -0.122. The number of nitrogens with one attached hydrogen (secondary N) is 1. The van der Waals surface area contributed by atoms with Gasteiger partial charge in [0, 0.05) is 12.6 Å². The first kappa shape index (κ1) is 11.5. The summed E-state index contributed by atoms with van der Waals surface area (Å²) >= 11 is 0. The molecule has 15 heavy (non-hydrogen) atoms. The minimum absolute atomic E-state index is 0.0352. The Morgan fingerprint density at radius 2 is 2.27 bits per heavy atom. The van der Waals surface area contributed by atoms with Crippen LogP contribution in [0.25, 0.3) is 0 Å². The van der Waals surface area contributed by atoms with E-state index < -0.39 is 0 Å². The number of hydrogen-bond acceptors (Lipinski definition) is 3. The van der Waals surface area contributed by atoms with E-state index in [-0.39, 0.29) is 19.1 Å². The monoisotopic (exact) mass is 209 g/mol. The molecule has 0 bridgehead atoms. The van der Waals surface area contributed by atoms with Gasteiger partial charge in [0.05, 0.1) is 6.61 Å². The summed E-state index contributed by atoms with van der Waals surface area (Å²) < 4.78 is 5.26. The second-order valence-electron chi connectivity index (χ2n) is 3.23. The quantitative estimate of drug-likeness (QED) is 0.764. The van der Waals surface area contributed by atoms with Crippen molar-refractivity contribution in [2.45, 2.75) is 13.5 Å². The van der Waals surface area contributed by atoms with Crippen molar-refractivity contribution in [2.24, 2.45) is 0 Å². The third-order valence-corrected chi connectivity index (χ3v) is 2.02. The van der Waals surface area contributed by atoms with Crippen molar-refractivity contribution < 1.29 is 14.6 Å². The number of aliphatic hydroxyl groups excluding tert-OH is 1. The van der Waals surface area contributed by atoms with Gasteiger partial charge < -0.3 is 15.2 Å². The summed E-state index contributed by atoms with van der Waals surface area (Å²) in [7, 11) is 1.55. The Kier molecular flexibility index (Phi) is 4.12. The van der Waals surface area contributed by atoms with Crippen LogP contribution in [0, 0.1) is 6.92 Å². The first-order valence-corrected chi connectivity index (χ1v) is 4.71. The Hall–Kier alpha value is -1.55. The fourth-order valence-corrected chi connectivity index (χ4v) is 1.19. The fraction of sp³-hybridized carbons (Fsp3) is 0.364. The van der Waals surface area contributed by atoms with Gasteiger partial charge in [-0.05, 0) is 13.0 Å². The van der Waals surface area contributed by atoms with Crippen LogP contribution in [-0.4, -0.2) is 24.7 Å². The summed E-state index contributed by atoms with van der Waals surface area (Å²) in [5.74, 6) is 0.353. The van der Waals surface area contributed by atoms with Crippen LogP contribution in [0.2, 0.25) is 0 Å². The number of carbonyl (C=O) groups is 1. The average Bonchev–Trinajstić information content (AvgIpc) is 2.26. The lowest BCUT2D eigenvalue weighted by atomic mass is 10.1. The highest BCUT2D eigenvalue weighted by Crippen LogP contribution is 2.19. The number of carbonyl (C=O) groups excluding carboxylic acids is 1. The van der Waals surface area contributed by atoms with Gasteiger partial charge in [0.2, 0.25) is 0 Å². The summed E-state index contributed by atoms with van der Waals surface area (Å²) in [5.41, 5.74) is 1.74. The van der Waals surface area contributed by atoms with Crippen molar-refractivity contribution in [3.63, 3.8) is 0 Å². The number of benzene rings is 1. The Morgan fingerprint density at radius 1 is 1.53 bits per heavy atom. The van der Waals surface area contributed by atoms with Crippen molar-refractivity contribution in [3.05, 3.63) is 29.3 Å². The van der Waals surface area contributed by atoms with Gasteiger partial charge in [0.1, 0.15) is 5.75 Å². The van der Waals surface area contributed by atoms with E-state index in [0.29, 0.717) is 11.3 Å². The molecule has 0 aliphatic rings. The van der Waals surface area contributed by atoms with Crippen LogP contribution in [0.4, 0.5) is 0 Å². The number of ether oxygens (including phenoxy) is 1. The third kappa shape index (κ3) is 3.25. The van der Waals surface area contributed by atoms with Crippen molar-refractivity contribution in [3.8, 4) is 5.75 Å². The van der Waals surface area contributed by atoms with E-state index in [1.165, 1.54) is 0 Å². The molecule has 0 atom stereocenters. The van der Waals surface area contributed by atoms with Gasteiger partial charge in [-0.1, -0.05) is 17.7 Å². The van der Waals surface area contributed by atoms with Gasteiger partial charge in [0.15, 0.2) is 6.61 Å². The highest BCUT2D eigenvalue weighted by atomic mass is 16.5. The van der Waals surface area contributed by atoms with E-state index in [2.05, 4.69) is 5.32 Å². The molecule has 0 aliphatic heterocycles. The van der Waals surface area contributed by atoms with Gasteiger partial charge in [-0.15, -0.1) is 0 Å². The summed E-state index contributed by atoms with van der Waals surface area (Å²) in [4.78, 5) is 11.0. The summed E-state index contributed by atoms with van der Waals surface area (Å²) in [6.07, 6.45) is 0. The van der Waals surface area contributed by atoms with Crippen LogP contribution in [-0.2, 0) is 11.4 Å². The molecule has 0 aliphatic carbocycles. The lowest BCUT2D eigenvalue weighted by Crippen LogP contribution is -2.25. The summed E-state index contributed by atoms with van der Waals surface area (Å²) in [6, 6.07) is 5.46. The second kappa shape index (κ2) is 5.36. The smallest absolute Gasteiger partial charge is 0.257 e. The van der Waals surface area contributed by atoms with Crippen LogP contribution in [0.1, 0.15) is 11.1 Å². The normalized spacial score (nSPS) is 9.80. The zero-order chi connectivity index (χ0) is 11.3. The molecule has 4 heteroatoms. The number of likely N-dealkylation sites (N-methyl/N-ethyl adjacent to an activating group) is 1. The molecular weight excluding hydrogens is 194 g/mol. The largest absolute Gasteiger partial charge is 0.483 e. The standard InChI is InChI=1S/C11H15NO3/c1-8-3-4-10(9(5-8)6-13)15-7-11(14)12-2/h3-5,13H,6-7H2,1-2H3,(H,12,14). The maximum atomic E-state index is 11.0.